The number of carboxylic acids is 1. The van der Waals surface area contributed by atoms with Gasteiger partial charge in [0.2, 0.25) is 15.6 Å². The van der Waals surface area contributed by atoms with Gasteiger partial charge in [0.05, 0.1) is 0 Å². The number of hydrogen-bond donors (Lipinski definition) is 2. The second kappa shape index (κ2) is 5.43. The van der Waals surface area contributed by atoms with Crippen molar-refractivity contribution in [3.05, 3.63) is 29.0 Å². The SMILES string of the molecule is CC(NS(=O)(=O)c1ccc(Cl)cc1F)(C(=O)O)C(F)(F)F. The Kier molecular flexibility index (Phi) is 4.56. The molecule has 1 unspecified atom stereocenters. The van der Waals surface area contributed by atoms with Crippen LogP contribution in [0.2, 0.25) is 5.02 Å². The number of nitrogens with one attached hydrogen (secondary N) is 1. The molecule has 1 rings (SSSR count). The van der Waals surface area contributed by atoms with Crippen LogP contribution in [0.3, 0.4) is 0 Å². The monoisotopic (exact) mass is 349 g/mol. The molecule has 0 fully saturated rings. The molecule has 5 nitrogen and oxygen atoms in total. The van der Waals surface area contributed by atoms with Crippen molar-refractivity contribution in [1.82, 2.24) is 4.72 Å². The van der Waals surface area contributed by atoms with E-state index in [0.717, 1.165) is 10.8 Å². The van der Waals surface area contributed by atoms with Gasteiger partial charge in [-0.05, 0) is 25.1 Å². The maximum atomic E-state index is 13.5. The largest absolute Gasteiger partial charge is 0.480 e. The van der Waals surface area contributed by atoms with Crippen molar-refractivity contribution in [2.75, 3.05) is 0 Å². The molecule has 0 saturated heterocycles. The molecular formula is C10H8ClF4NO4S. The van der Waals surface area contributed by atoms with Crippen LogP contribution >= 0.6 is 11.6 Å². The molecule has 2 N–H and O–H groups in total. The molecule has 1 atom stereocenters. The third-order valence-electron chi connectivity index (χ3n) is 2.52. The first-order valence-electron chi connectivity index (χ1n) is 5.10. The van der Waals surface area contributed by atoms with Crippen LogP contribution in [0.25, 0.3) is 0 Å². The average Bonchev–Trinajstić information content (AvgIpc) is 2.25. The zero-order chi connectivity index (χ0) is 16.6. The van der Waals surface area contributed by atoms with Gasteiger partial charge in [0, 0.05) is 5.02 Å². The van der Waals surface area contributed by atoms with Crippen LogP contribution in [-0.2, 0) is 14.8 Å². The predicted octanol–water partition coefficient (Wildman–Crippen LogP) is 2.16. The molecule has 0 radical (unpaired) electrons. The van der Waals surface area contributed by atoms with E-state index in [9.17, 15) is 30.8 Å². The van der Waals surface area contributed by atoms with Crippen molar-refractivity contribution in [1.29, 1.82) is 0 Å². The number of alkyl halides is 3. The Labute approximate surface area is 121 Å². The summed E-state index contributed by atoms with van der Waals surface area (Å²) in [5.41, 5.74) is -3.81. The number of hydrogen-bond acceptors (Lipinski definition) is 3. The fourth-order valence-electron chi connectivity index (χ4n) is 1.24. The van der Waals surface area contributed by atoms with E-state index in [1.165, 1.54) is 0 Å². The fourth-order valence-corrected chi connectivity index (χ4v) is 2.81. The zero-order valence-corrected chi connectivity index (χ0v) is 11.8. The summed E-state index contributed by atoms with van der Waals surface area (Å²) in [5.74, 6) is -3.89. The van der Waals surface area contributed by atoms with E-state index in [1.54, 1.807) is 0 Å². The Balaban J connectivity index is 3.35. The highest BCUT2D eigenvalue weighted by molar-refractivity contribution is 7.89. The fraction of sp³-hybridized carbons (Fsp3) is 0.300. The molecule has 0 aliphatic carbocycles. The van der Waals surface area contributed by atoms with Gasteiger partial charge in [0.25, 0.3) is 0 Å². The Morgan fingerprint density at radius 1 is 1.33 bits per heavy atom. The van der Waals surface area contributed by atoms with Crippen LogP contribution < -0.4 is 4.72 Å². The molecule has 0 aliphatic rings. The minimum absolute atomic E-state index is 0.112. The van der Waals surface area contributed by atoms with E-state index in [-0.39, 0.29) is 11.9 Å². The van der Waals surface area contributed by atoms with Gasteiger partial charge in [-0.3, -0.25) is 0 Å². The highest BCUT2D eigenvalue weighted by Gasteiger charge is 2.59. The molecule has 118 valence electrons. The Morgan fingerprint density at radius 3 is 2.24 bits per heavy atom. The van der Waals surface area contributed by atoms with Crippen molar-refractivity contribution < 1.29 is 35.9 Å². The summed E-state index contributed by atoms with van der Waals surface area (Å²) < 4.78 is 76.2. The molecule has 1 aromatic rings. The lowest BCUT2D eigenvalue weighted by molar-refractivity contribution is -0.201. The average molecular weight is 350 g/mol. The molecule has 0 bridgehead atoms. The van der Waals surface area contributed by atoms with Crippen LogP contribution in [0.1, 0.15) is 6.92 Å². The Bertz CT molecular complexity index is 676. The Hall–Kier alpha value is -1.39. The first-order valence-corrected chi connectivity index (χ1v) is 6.96. The number of aliphatic carboxylic acids is 1. The van der Waals surface area contributed by atoms with Crippen molar-refractivity contribution in [3.63, 3.8) is 0 Å². The highest BCUT2D eigenvalue weighted by atomic mass is 35.5. The maximum absolute atomic E-state index is 13.5. The van der Waals surface area contributed by atoms with Gasteiger partial charge in [-0.15, -0.1) is 0 Å². The summed E-state index contributed by atoms with van der Waals surface area (Å²) in [4.78, 5) is 9.60. The third kappa shape index (κ3) is 3.44. The number of halogens is 5. The summed E-state index contributed by atoms with van der Waals surface area (Å²) in [5, 5.41) is 8.45. The van der Waals surface area contributed by atoms with Crippen molar-refractivity contribution in [2.24, 2.45) is 0 Å². The molecule has 21 heavy (non-hydrogen) atoms. The number of carbonyl (C=O) groups is 1. The minimum Gasteiger partial charge on any atom is -0.480 e. The molecule has 0 heterocycles. The lowest BCUT2D eigenvalue weighted by atomic mass is 10.0. The first-order chi connectivity index (χ1) is 9.31. The Morgan fingerprint density at radius 2 is 1.86 bits per heavy atom. The van der Waals surface area contributed by atoms with Crippen LogP contribution in [0.5, 0.6) is 0 Å². The maximum Gasteiger partial charge on any atom is 0.418 e. The van der Waals surface area contributed by atoms with E-state index < -0.39 is 38.4 Å². The molecular weight excluding hydrogens is 342 g/mol. The quantitative estimate of drug-likeness (QED) is 0.816. The van der Waals surface area contributed by atoms with E-state index in [4.69, 9.17) is 16.7 Å². The van der Waals surface area contributed by atoms with Crippen LogP contribution in [0.15, 0.2) is 23.1 Å². The number of rotatable bonds is 4. The third-order valence-corrected chi connectivity index (χ3v) is 4.34. The van der Waals surface area contributed by atoms with E-state index in [0.29, 0.717) is 12.1 Å². The lowest BCUT2D eigenvalue weighted by Gasteiger charge is -2.28. The van der Waals surface area contributed by atoms with Gasteiger partial charge in [0.1, 0.15) is 10.7 Å². The van der Waals surface area contributed by atoms with Gasteiger partial charge in [-0.25, -0.2) is 17.6 Å². The summed E-state index contributed by atoms with van der Waals surface area (Å²) >= 11 is 5.39. The molecule has 0 amide bonds. The molecule has 0 saturated carbocycles. The summed E-state index contributed by atoms with van der Waals surface area (Å²) in [6.45, 7) is 0.112. The number of carboxylic acid groups (broad SMARTS) is 1. The van der Waals surface area contributed by atoms with Crippen LogP contribution in [-0.4, -0.2) is 31.2 Å². The van der Waals surface area contributed by atoms with Gasteiger partial charge in [-0.1, -0.05) is 11.6 Å². The van der Waals surface area contributed by atoms with Gasteiger partial charge >= 0.3 is 12.1 Å². The van der Waals surface area contributed by atoms with Gasteiger partial charge in [-0.2, -0.15) is 17.9 Å². The second-order valence-corrected chi connectivity index (χ2v) is 6.20. The normalized spacial score (nSPS) is 15.5. The predicted molar refractivity (Wildman–Crippen MR) is 63.8 cm³/mol. The van der Waals surface area contributed by atoms with Crippen LogP contribution in [0, 0.1) is 5.82 Å². The summed E-state index contributed by atoms with van der Waals surface area (Å²) in [6, 6.07) is 2.13. The van der Waals surface area contributed by atoms with Crippen molar-refractivity contribution in [2.45, 2.75) is 23.5 Å². The first kappa shape index (κ1) is 17.7. The standard InChI is InChI=1S/C10H8ClF4NO4S/c1-9(8(17)18,10(13,14)15)16-21(19,20)7-3-2-5(11)4-6(7)12/h2-4,16H,1H3,(H,17,18). The van der Waals surface area contributed by atoms with Gasteiger partial charge < -0.3 is 5.11 Å². The van der Waals surface area contributed by atoms with Crippen molar-refractivity contribution in [3.8, 4) is 0 Å². The molecule has 11 heteroatoms. The topological polar surface area (TPSA) is 83.5 Å². The minimum atomic E-state index is -5.44. The highest BCUT2D eigenvalue weighted by Crippen LogP contribution is 2.32. The van der Waals surface area contributed by atoms with E-state index in [1.807, 2.05) is 0 Å². The smallest absolute Gasteiger partial charge is 0.418 e. The molecule has 0 spiro atoms. The molecule has 1 aromatic carbocycles. The van der Waals surface area contributed by atoms with Gasteiger partial charge in [0.15, 0.2) is 0 Å². The van der Waals surface area contributed by atoms with Crippen molar-refractivity contribution >= 4 is 27.6 Å². The summed E-state index contributed by atoms with van der Waals surface area (Å²) in [7, 11) is -5.08. The molecule has 0 aromatic heterocycles. The lowest BCUT2D eigenvalue weighted by Crippen LogP contribution is -2.61. The van der Waals surface area contributed by atoms with E-state index in [2.05, 4.69) is 0 Å². The zero-order valence-electron chi connectivity index (χ0n) is 10.2. The number of benzene rings is 1. The number of sulfonamides is 1. The molecule has 0 aliphatic heterocycles. The second-order valence-electron chi connectivity index (χ2n) is 4.11. The van der Waals surface area contributed by atoms with E-state index >= 15 is 0 Å². The van der Waals surface area contributed by atoms with Crippen LogP contribution in [0.4, 0.5) is 17.6 Å². The summed E-state index contributed by atoms with van der Waals surface area (Å²) in [6.07, 6.45) is -5.44.